The van der Waals surface area contributed by atoms with Gasteiger partial charge in [-0.15, -0.1) is 0 Å². The molecule has 1 atom stereocenters. The third kappa shape index (κ3) is 2.98. The lowest BCUT2D eigenvalue weighted by molar-refractivity contribution is -0.126. The van der Waals surface area contributed by atoms with E-state index in [0.29, 0.717) is 13.1 Å². The lowest BCUT2D eigenvalue weighted by atomic mass is 9.95. The van der Waals surface area contributed by atoms with Crippen molar-refractivity contribution in [2.45, 2.75) is 25.8 Å². The molecule has 0 unspecified atom stereocenters. The van der Waals surface area contributed by atoms with Crippen LogP contribution in [0.4, 0.5) is 4.79 Å². The quantitative estimate of drug-likeness (QED) is 0.880. The summed E-state index contributed by atoms with van der Waals surface area (Å²) in [6, 6.07) is 9.30. The third-order valence-electron chi connectivity index (χ3n) is 5.63. The van der Waals surface area contributed by atoms with Crippen molar-refractivity contribution in [2.24, 2.45) is 0 Å². The highest BCUT2D eigenvalue weighted by Gasteiger charge is 2.43. The Kier molecular flexibility index (Phi) is 4.68. The third-order valence-corrected chi connectivity index (χ3v) is 5.63. The molecule has 1 saturated heterocycles. The average molecular weight is 354 g/mol. The molecule has 0 bridgehead atoms. The highest BCUT2D eigenvalue weighted by Crippen LogP contribution is 2.35. The van der Waals surface area contributed by atoms with Crippen LogP contribution in [0.2, 0.25) is 0 Å². The molecule has 26 heavy (non-hydrogen) atoms. The Bertz CT molecular complexity index is 725. The zero-order valence-corrected chi connectivity index (χ0v) is 15.3. The predicted octanol–water partition coefficient (Wildman–Crippen LogP) is 1.96. The summed E-state index contributed by atoms with van der Waals surface area (Å²) in [4.78, 5) is 31.8. The second kappa shape index (κ2) is 7.11. The Morgan fingerprint density at radius 2 is 1.81 bits per heavy atom. The van der Waals surface area contributed by atoms with Gasteiger partial charge >= 0.3 is 6.03 Å². The van der Waals surface area contributed by atoms with Crippen LogP contribution >= 0.6 is 0 Å². The van der Waals surface area contributed by atoms with Gasteiger partial charge in [-0.05, 0) is 38.4 Å². The van der Waals surface area contributed by atoms with Crippen molar-refractivity contribution in [3.8, 4) is 0 Å². The molecule has 138 valence electrons. The first-order valence-corrected chi connectivity index (χ1v) is 9.56. The van der Waals surface area contributed by atoms with Crippen molar-refractivity contribution in [1.29, 1.82) is 0 Å². The fraction of sp³-hybridized carbons (Fsp3) is 0.500. The summed E-state index contributed by atoms with van der Waals surface area (Å²) in [5.74, 6) is 0.0616. The van der Waals surface area contributed by atoms with E-state index in [1.807, 2.05) is 42.2 Å². The van der Waals surface area contributed by atoms with Crippen LogP contribution in [0.15, 0.2) is 41.6 Å². The molecule has 1 aromatic carbocycles. The number of hydrogen-bond acceptors (Lipinski definition) is 3. The van der Waals surface area contributed by atoms with Crippen molar-refractivity contribution >= 4 is 11.9 Å². The number of nitrogens with zero attached hydrogens (tertiary/aromatic N) is 3. The molecule has 1 N–H and O–H groups in total. The van der Waals surface area contributed by atoms with Crippen molar-refractivity contribution in [3.05, 3.63) is 47.2 Å². The van der Waals surface area contributed by atoms with Crippen molar-refractivity contribution in [3.63, 3.8) is 0 Å². The summed E-state index contributed by atoms with van der Waals surface area (Å²) < 4.78 is 0. The van der Waals surface area contributed by atoms with Gasteiger partial charge < -0.3 is 15.1 Å². The second-order valence-corrected chi connectivity index (χ2v) is 7.17. The molecule has 6 heteroatoms. The molecule has 0 aromatic heterocycles. The molecular formula is C20H26N4O2. The standard InChI is InChI=1S/C20H26N4O2/c1-2-24-16-14-23(13-12-22-10-6-7-11-22)19(25)17(16)18(21-20(24)26)15-8-4-3-5-9-15/h3-5,8-9,18H,2,6-7,10-14H2,1H3,(H,21,26)/t18-/m0/s1. The van der Waals surface area contributed by atoms with Gasteiger partial charge in [0, 0.05) is 19.6 Å². The molecule has 3 heterocycles. The molecule has 0 saturated carbocycles. The van der Waals surface area contributed by atoms with Crippen LogP contribution in [0.5, 0.6) is 0 Å². The Morgan fingerprint density at radius 3 is 2.50 bits per heavy atom. The molecule has 0 spiro atoms. The van der Waals surface area contributed by atoms with E-state index < -0.39 is 0 Å². The number of nitrogens with one attached hydrogen (secondary N) is 1. The molecule has 4 rings (SSSR count). The van der Waals surface area contributed by atoms with Crippen LogP contribution in [-0.2, 0) is 4.79 Å². The number of carbonyl (C=O) groups excluding carboxylic acids is 2. The molecule has 1 aromatic rings. The van der Waals surface area contributed by atoms with Gasteiger partial charge in [0.05, 0.1) is 23.9 Å². The molecule has 1 fully saturated rings. The first-order valence-electron chi connectivity index (χ1n) is 9.56. The summed E-state index contributed by atoms with van der Waals surface area (Å²) in [6.45, 7) is 6.94. The monoisotopic (exact) mass is 354 g/mol. The first kappa shape index (κ1) is 17.1. The number of benzene rings is 1. The largest absolute Gasteiger partial charge is 0.332 e. The van der Waals surface area contributed by atoms with Gasteiger partial charge in [0.1, 0.15) is 0 Å². The normalized spacial score (nSPS) is 23.7. The number of hydrogen-bond donors (Lipinski definition) is 1. The number of carbonyl (C=O) groups is 2. The van der Waals surface area contributed by atoms with Crippen LogP contribution in [-0.4, -0.2) is 65.9 Å². The van der Waals surface area contributed by atoms with E-state index >= 15 is 0 Å². The maximum absolute atomic E-state index is 13.2. The number of likely N-dealkylation sites (N-methyl/N-ethyl adjacent to an activating group) is 1. The highest BCUT2D eigenvalue weighted by atomic mass is 16.2. The zero-order chi connectivity index (χ0) is 18.1. The lowest BCUT2D eigenvalue weighted by Crippen LogP contribution is -2.47. The number of urea groups is 1. The Hall–Kier alpha value is -2.34. The van der Waals surface area contributed by atoms with Gasteiger partial charge in [0.15, 0.2) is 0 Å². The topological polar surface area (TPSA) is 55.9 Å². The number of rotatable bonds is 5. The second-order valence-electron chi connectivity index (χ2n) is 7.17. The van der Waals surface area contributed by atoms with Crippen LogP contribution < -0.4 is 5.32 Å². The molecule has 0 radical (unpaired) electrons. The van der Waals surface area contributed by atoms with Gasteiger partial charge in [0.25, 0.3) is 5.91 Å². The smallest absolute Gasteiger partial charge is 0.322 e. The predicted molar refractivity (Wildman–Crippen MR) is 99.4 cm³/mol. The zero-order valence-electron chi connectivity index (χ0n) is 15.3. The van der Waals surface area contributed by atoms with Gasteiger partial charge in [-0.25, -0.2) is 4.79 Å². The van der Waals surface area contributed by atoms with E-state index in [1.54, 1.807) is 4.90 Å². The summed E-state index contributed by atoms with van der Waals surface area (Å²) in [6.07, 6.45) is 2.50. The SMILES string of the molecule is CCN1C(=O)N[C@@H](c2ccccc2)C2=C1CN(CCN1CCCC1)C2=O. The van der Waals surface area contributed by atoms with Gasteiger partial charge in [-0.3, -0.25) is 9.69 Å². The molecular weight excluding hydrogens is 328 g/mol. The van der Waals surface area contributed by atoms with E-state index in [4.69, 9.17) is 0 Å². The number of likely N-dealkylation sites (tertiary alicyclic amines) is 1. The Balaban J connectivity index is 1.58. The molecule has 3 aliphatic heterocycles. The maximum atomic E-state index is 13.2. The van der Waals surface area contributed by atoms with E-state index in [2.05, 4.69) is 10.2 Å². The van der Waals surface area contributed by atoms with Crippen molar-refractivity contribution in [1.82, 2.24) is 20.0 Å². The first-order chi connectivity index (χ1) is 12.7. The Labute approximate surface area is 154 Å². The highest BCUT2D eigenvalue weighted by molar-refractivity contribution is 6.01. The van der Waals surface area contributed by atoms with Crippen LogP contribution in [0.25, 0.3) is 0 Å². The minimum Gasteiger partial charge on any atom is -0.332 e. The van der Waals surface area contributed by atoms with Crippen molar-refractivity contribution in [2.75, 3.05) is 39.3 Å². The lowest BCUT2D eigenvalue weighted by Gasteiger charge is -2.32. The minimum absolute atomic E-state index is 0.0616. The minimum atomic E-state index is -0.356. The van der Waals surface area contributed by atoms with E-state index in [0.717, 1.165) is 43.0 Å². The fourth-order valence-electron chi connectivity index (χ4n) is 4.23. The van der Waals surface area contributed by atoms with Crippen LogP contribution in [0.1, 0.15) is 31.4 Å². The van der Waals surface area contributed by atoms with Gasteiger partial charge in [-0.2, -0.15) is 0 Å². The summed E-state index contributed by atoms with van der Waals surface area (Å²) in [5.41, 5.74) is 2.56. The van der Waals surface area contributed by atoms with E-state index in [-0.39, 0.29) is 18.0 Å². The van der Waals surface area contributed by atoms with Crippen LogP contribution in [0.3, 0.4) is 0 Å². The van der Waals surface area contributed by atoms with Gasteiger partial charge in [-0.1, -0.05) is 30.3 Å². The number of amides is 3. The van der Waals surface area contributed by atoms with Crippen LogP contribution in [0, 0.1) is 0 Å². The Morgan fingerprint density at radius 1 is 1.08 bits per heavy atom. The molecule has 0 aliphatic carbocycles. The molecule has 6 nitrogen and oxygen atoms in total. The summed E-state index contributed by atoms with van der Waals surface area (Å²) >= 11 is 0. The average Bonchev–Trinajstić information content (AvgIpc) is 3.28. The van der Waals surface area contributed by atoms with Crippen molar-refractivity contribution < 1.29 is 9.59 Å². The summed E-state index contributed by atoms with van der Waals surface area (Å²) in [5, 5.41) is 3.02. The molecule has 3 amide bonds. The van der Waals surface area contributed by atoms with E-state index in [9.17, 15) is 9.59 Å². The van der Waals surface area contributed by atoms with E-state index in [1.165, 1.54) is 12.8 Å². The van der Waals surface area contributed by atoms with Gasteiger partial charge in [0.2, 0.25) is 0 Å². The molecule has 3 aliphatic rings. The summed E-state index contributed by atoms with van der Waals surface area (Å²) in [7, 11) is 0. The fourth-order valence-corrected chi connectivity index (χ4v) is 4.23. The maximum Gasteiger partial charge on any atom is 0.322 e.